The molecule has 0 saturated carbocycles. The summed E-state index contributed by atoms with van der Waals surface area (Å²) in [5.41, 5.74) is 8.34. The molecule has 4 heteroatoms. The van der Waals surface area contributed by atoms with E-state index in [1.807, 2.05) is 18.5 Å². The van der Waals surface area contributed by atoms with Gasteiger partial charge in [0.25, 0.3) is 0 Å². The van der Waals surface area contributed by atoms with E-state index in [0.717, 1.165) is 30.0 Å². The summed E-state index contributed by atoms with van der Waals surface area (Å²) in [6.45, 7) is 4.75. The number of nitrogens with zero attached hydrogens (tertiary/aromatic N) is 2. The summed E-state index contributed by atoms with van der Waals surface area (Å²) in [6.07, 6.45) is 0.724. The number of aryl methyl sites for hydroxylation is 2. The quantitative estimate of drug-likeness (QED) is 0.691. The monoisotopic (exact) mass is 169 g/mol. The van der Waals surface area contributed by atoms with Gasteiger partial charge in [-0.05, 0) is 20.3 Å². The first-order valence-corrected chi connectivity index (χ1v) is 4.07. The molecule has 1 heterocycles. The third-order valence-corrected chi connectivity index (χ3v) is 1.97. The number of anilines is 1. The Balaban J connectivity index is 2.79. The lowest BCUT2D eigenvalue weighted by Crippen LogP contribution is -2.04. The number of aliphatic hydroxyl groups is 1. The summed E-state index contributed by atoms with van der Waals surface area (Å²) in [5, 5.41) is 12.9. The van der Waals surface area contributed by atoms with Gasteiger partial charge in [-0.3, -0.25) is 4.68 Å². The molecule has 12 heavy (non-hydrogen) atoms. The molecule has 0 aliphatic heterocycles. The van der Waals surface area contributed by atoms with Crippen LogP contribution in [-0.4, -0.2) is 21.5 Å². The van der Waals surface area contributed by atoms with E-state index in [-0.39, 0.29) is 6.61 Å². The van der Waals surface area contributed by atoms with E-state index in [0.29, 0.717) is 0 Å². The van der Waals surface area contributed by atoms with Crippen LogP contribution in [0.4, 0.5) is 5.69 Å². The Morgan fingerprint density at radius 2 is 2.17 bits per heavy atom. The van der Waals surface area contributed by atoms with Crippen LogP contribution in [0.25, 0.3) is 0 Å². The Hall–Kier alpha value is -1.03. The van der Waals surface area contributed by atoms with Crippen molar-refractivity contribution in [3.8, 4) is 0 Å². The Labute approximate surface area is 72.0 Å². The molecule has 68 valence electrons. The molecule has 0 atom stereocenters. The summed E-state index contributed by atoms with van der Waals surface area (Å²) < 4.78 is 1.83. The predicted octanol–water partition coefficient (Wildman–Crippen LogP) is 0.465. The van der Waals surface area contributed by atoms with E-state index >= 15 is 0 Å². The lowest BCUT2D eigenvalue weighted by atomic mass is 10.3. The number of nitrogen functional groups attached to an aromatic ring is 1. The maximum Gasteiger partial charge on any atom is 0.0825 e. The first-order chi connectivity index (χ1) is 5.66. The molecule has 3 N–H and O–H groups in total. The lowest BCUT2D eigenvalue weighted by Gasteiger charge is -2.01. The van der Waals surface area contributed by atoms with Gasteiger partial charge in [0.1, 0.15) is 0 Å². The maximum absolute atomic E-state index is 8.62. The lowest BCUT2D eigenvalue weighted by molar-refractivity contribution is 0.276. The number of aromatic nitrogens is 2. The highest BCUT2D eigenvalue weighted by molar-refractivity contribution is 5.46. The molecule has 0 unspecified atom stereocenters. The second kappa shape index (κ2) is 3.58. The molecule has 0 aliphatic carbocycles. The van der Waals surface area contributed by atoms with Gasteiger partial charge in [-0.1, -0.05) is 0 Å². The van der Waals surface area contributed by atoms with Gasteiger partial charge in [0, 0.05) is 13.2 Å². The average Bonchev–Trinajstić information content (AvgIpc) is 2.30. The van der Waals surface area contributed by atoms with Gasteiger partial charge in [-0.2, -0.15) is 5.10 Å². The van der Waals surface area contributed by atoms with Crippen molar-refractivity contribution in [2.75, 3.05) is 12.3 Å². The molecule has 0 spiro atoms. The van der Waals surface area contributed by atoms with Crippen molar-refractivity contribution in [1.29, 1.82) is 0 Å². The summed E-state index contributed by atoms with van der Waals surface area (Å²) in [7, 11) is 0. The normalized spacial score (nSPS) is 10.6. The van der Waals surface area contributed by atoms with Crippen LogP contribution in [0, 0.1) is 13.8 Å². The van der Waals surface area contributed by atoms with Crippen LogP contribution in [0.2, 0.25) is 0 Å². The summed E-state index contributed by atoms with van der Waals surface area (Å²) in [5.74, 6) is 0. The minimum atomic E-state index is 0.193. The topological polar surface area (TPSA) is 64.1 Å². The van der Waals surface area contributed by atoms with Gasteiger partial charge < -0.3 is 10.8 Å². The SMILES string of the molecule is Cc1nn(CCCO)c(C)c1N. The van der Waals surface area contributed by atoms with Crippen molar-refractivity contribution in [2.24, 2.45) is 0 Å². The van der Waals surface area contributed by atoms with Crippen LogP contribution in [0.5, 0.6) is 0 Å². The summed E-state index contributed by atoms with van der Waals surface area (Å²) in [6, 6.07) is 0. The average molecular weight is 169 g/mol. The highest BCUT2D eigenvalue weighted by Crippen LogP contribution is 2.14. The molecular formula is C8H15N3O. The minimum absolute atomic E-state index is 0.193. The molecule has 0 bridgehead atoms. The number of hydrogen-bond acceptors (Lipinski definition) is 3. The maximum atomic E-state index is 8.62. The number of hydrogen-bond donors (Lipinski definition) is 2. The first-order valence-electron chi connectivity index (χ1n) is 4.07. The predicted molar refractivity (Wildman–Crippen MR) is 47.8 cm³/mol. The first kappa shape index (κ1) is 9.06. The van der Waals surface area contributed by atoms with Gasteiger partial charge in [-0.15, -0.1) is 0 Å². The van der Waals surface area contributed by atoms with Crippen LogP contribution in [0.1, 0.15) is 17.8 Å². The zero-order chi connectivity index (χ0) is 9.14. The van der Waals surface area contributed by atoms with E-state index in [1.165, 1.54) is 0 Å². The van der Waals surface area contributed by atoms with E-state index in [2.05, 4.69) is 5.10 Å². The van der Waals surface area contributed by atoms with Crippen LogP contribution in [-0.2, 0) is 6.54 Å². The van der Waals surface area contributed by atoms with Gasteiger partial charge in [0.2, 0.25) is 0 Å². The Bertz CT molecular complexity index is 268. The number of nitrogens with two attached hydrogens (primary N) is 1. The van der Waals surface area contributed by atoms with Crippen molar-refractivity contribution in [1.82, 2.24) is 9.78 Å². The fraction of sp³-hybridized carbons (Fsp3) is 0.625. The van der Waals surface area contributed by atoms with Crippen LogP contribution in [0.3, 0.4) is 0 Å². The molecule has 0 radical (unpaired) electrons. The van der Waals surface area contributed by atoms with E-state index in [1.54, 1.807) is 0 Å². The van der Waals surface area contributed by atoms with Gasteiger partial charge in [0.15, 0.2) is 0 Å². The molecule has 1 aromatic rings. The smallest absolute Gasteiger partial charge is 0.0825 e. The molecular weight excluding hydrogens is 154 g/mol. The summed E-state index contributed by atoms with van der Waals surface area (Å²) in [4.78, 5) is 0. The third-order valence-electron chi connectivity index (χ3n) is 1.97. The molecule has 1 rings (SSSR count). The highest BCUT2D eigenvalue weighted by Gasteiger charge is 2.06. The molecule has 0 fully saturated rings. The van der Waals surface area contributed by atoms with E-state index < -0.39 is 0 Å². The van der Waals surface area contributed by atoms with Crippen molar-refractivity contribution >= 4 is 5.69 Å². The molecule has 0 saturated heterocycles. The van der Waals surface area contributed by atoms with Crippen LogP contribution < -0.4 is 5.73 Å². The molecule has 0 aromatic carbocycles. The number of rotatable bonds is 3. The summed E-state index contributed by atoms with van der Waals surface area (Å²) >= 11 is 0. The fourth-order valence-corrected chi connectivity index (χ4v) is 1.15. The highest BCUT2D eigenvalue weighted by atomic mass is 16.3. The van der Waals surface area contributed by atoms with Crippen molar-refractivity contribution in [3.63, 3.8) is 0 Å². The van der Waals surface area contributed by atoms with Crippen molar-refractivity contribution < 1.29 is 5.11 Å². The minimum Gasteiger partial charge on any atom is -0.396 e. The standard InChI is InChI=1S/C8H15N3O/c1-6-8(9)7(2)11(10-6)4-3-5-12/h12H,3-5,9H2,1-2H3. The largest absolute Gasteiger partial charge is 0.396 e. The number of aliphatic hydroxyl groups excluding tert-OH is 1. The van der Waals surface area contributed by atoms with Gasteiger partial charge in [0.05, 0.1) is 17.1 Å². The van der Waals surface area contributed by atoms with Crippen molar-refractivity contribution in [3.05, 3.63) is 11.4 Å². The van der Waals surface area contributed by atoms with E-state index in [9.17, 15) is 0 Å². The van der Waals surface area contributed by atoms with E-state index in [4.69, 9.17) is 10.8 Å². The second-order valence-corrected chi connectivity index (χ2v) is 2.88. The van der Waals surface area contributed by atoms with Crippen LogP contribution >= 0.6 is 0 Å². The van der Waals surface area contributed by atoms with Gasteiger partial charge >= 0.3 is 0 Å². The van der Waals surface area contributed by atoms with Gasteiger partial charge in [-0.25, -0.2) is 0 Å². The Kier molecular flexibility index (Phi) is 2.70. The zero-order valence-corrected chi connectivity index (χ0v) is 7.54. The fourth-order valence-electron chi connectivity index (χ4n) is 1.15. The third kappa shape index (κ3) is 1.58. The molecule has 0 aliphatic rings. The van der Waals surface area contributed by atoms with Crippen LogP contribution in [0.15, 0.2) is 0 Å². The zero-order valence-electron chi connectivity index (χ0n) is 7.54. The molecule has 1 aromatic heterocycles. The Morgan fingerprint density at radius 3 is 2.58 bits per heavy atom. The molecule has 4 nitrogen and oxygen atoms in total. The second-order valence-electron chi connectivity index (χ2n) is 2.88. The van der Waals surface area contributed by atoms with Crippen molar-refractivity contribution in [2.45, 2.75) is 26.8 Å². The molecule has 0 amide bonds. The Morgan fingerprint density at radius 1 is 1.50 bits per heavy atom.